The van der Waals surface area contributed by atoms with Crippen LogP contribution in [0.4, 0.5) is 0 Å². The lowest BCUT2D eigenvalue weighted by Gasteiger charge is -2.36. The van der Waals surface area contributed by atoms with Crippen LogP contribution in [-0.2, 0) is 4.74 Å². The molecule has 0 N–H and O–H groups in total. The minimum Gasteiger partial charge on any atom is -0.371 e. The lowest BCUT2D eigenvalue weighted by Crippen LogP contribution is -2.49. The van der Waals surface area contributed by atoms with Gasteiger partial charge in [0.25, 0.3) is 5.91 Å². The number of nitrogens with zero attached hydrogens (tertiary/aromatic N) is 1. The first-order valence-electron chi connectivity index (χ1n) is 5.66. The van der Waals surface area contributed by atoms with E-state index in [1.54, 1.807) is 0 Å². The summed E-state index contributed by atoms with van der Waals surface area (Å²) in [4.78, 5) is 15.1. The third-order valence-electron chi connectivity index (χ3n) is 2.84. The largest absolute Gasteiger partial charge is 0.371 e. The fraction of sp³-hybridized carbons (Fsp3) is 0.583. The van der Waals surface area contributed by atoms with Gasteiger partial charge < -0.3 is 9.64 Å². The molecule has 2 rings (SSSR count). The molecule has 0 radical (unpaired) electrons. The van der Waals surface area contributed by atoms with Crippen LogP contribution in [0.25, 0.3) is 0 Å². The van der Waals surface area contributed by atoms with Crippen LogP contribution in [-0.4, -0.2) is 41.4 Å². The Balaban J connectivity index is 2.11. The molecule has 1 aromatic rings. The molecule has 1 aliphatic heterocycles. The number of aryl methyl sites for hydroxylation is 1. The maximum absolute atomic E-state index is 12.4. The summed E-state index contributed by atoms with van der Waals surface area (Å²) in [5.74, 6) is 0.138. The van der Waals surface area contributed by atoms with E-state index in [0.29, 0.717) is 13.1 Å². The molecule has 1 fully saturated rings. The van der Waals surface area contributed by atoms with Gasteiger partial charge in [0.1, 0.15) is 0 Å². The van der Waals surface area contributed by atoms with Crippen LogP contribution in [0.15, 0.2) is 11.4 Å². The number of carbonyl (C=O) groups excluding carboxylic acids is 1. The third kappa shape index (κ3) is 2.89. The van der Waals surface area contributed by atoms with Crippen LogP contribution in [0.2, 0.25) is 0 Å². The molecule has 0 spiro atoms. The summed E-state index contributed by atoms with van der Waals surface area (Å²) < 4.78 is 5.73. The van der Waals surface area contributed by atoms with E-state index in [0.717, 1.165) is 15.8 Å². The van der Waals surface area contributed by atoms with Crippen LogP contribution < -0.4 is 0 Å². The van der Waals surface area contributed by atoms with Gasteiger partial charge in [0, 0.05) is 18.4 Å². The van der Waals surface area contributed by atoms with Crippen molar-refractivity contribution in [2.75, 3.05) is 18.4 Å². The topological polar surface area (TPSA) is 29.5 Å². The van der Waals surface area contributed by atoms with Gasteiger partial charge in [0.2, 0.25) is 0 Å². The molecule has 0 aromatic carbocycles. The highest BCUT2D eigenvalue weighted by atomic mass is 79.9. The second kappa shape index (κ2) is 5.50. The van der Waals surface area contributed by atoms with E-state index in [9.17, 15) is 4.79 Å². The third-order valence-corrected chi connectivity index (χ3v) is 4.57. The van der Waals surface area contributed by atoms with Gasteiger partial charge in [-0.15, -0.1) is 11.3 Å². The molecule has 2 atom stereocenters. The Morgan fingerprint density at radius 3 is 3.00 bits per heavy atom. The molecule has 1 saturated heterocycles. The number of ether oxygens (including phenoxy) is 1. The van der Waals surface area contributed by atoms with Gasteiger partial charge in [-0.05, 0) is 30.9 Å². The number of hydrogen-bond donors (Lipinski definition) is 0. The van der Waals surface area contributed by atoms with Crippen molar-refractivity contribution in [3.05, 3.63) is 21.9 Å². The number of alkyl halides is 1. The summed E-state index contributed by atoms with van der Waals surface area (Å²) in [6.07, 6.45) is 0.207. The molecule has 5 heteroatoms. The second-order valence-corrected chi connectivity index (χ2v) is 5.93. The van der Waals surface area contributed by atoms with Crippen molar-refractivity contribution in [1.82, 2.24) is 4.90 Å². The van der Waals surface area contributed by atoms with Crippen LogP contribution in [0.1, 0.15) is 22.2 Å². The van der Waals surface area contributed by atoms with Crippen molar-refractivity contribution < 1.29 is 9.53 Å². The van der Waals surface area contributed by atoms with Gasteiger partial charge in [-0.25, -0.2) is 0 Å². The quantitative estimate of drug-likeness (QED) is 0.785. The van der Waals surface area contributed by atoms with Gasteiger partial charge in [-0.3, -0.25) is 4.79 Å². The zero-order valence-electron chi connectivity index (χ0n) is 9.98. The normalized spacial score (nSPS) is 25.0. The van der Waals surface area contributed by atoms with Crippen molar-refractivity contribution in [1.29, 1.82) is 0 Å². The predicted molar refractivity (Wildman–Crippen MR) is 73.1 cm³/mol. The van der Waals surface area contributed by atoms with E-state index in [1.165, 1.54) is 11.3 Å². The Labute approximate surface area is 114 Å². The molecule has 2 heterocycles. The molecule has 1 amide bonds. The molecule has 0 saturated carbocycles. The molecule has 17 heavy (non-hydrogen) atoms. The molecule has 1 aromatic heterocycles. The standard InChI is InChI=1S/C12H16BrNO2S/c1-8-3-4-17-11(8)12(15)14-6-9(2)16-10(5-13)7-14/h3-4,9-10H,5-7H2,1-2H3. The van der Waals surface area contributed by atoms with Crippen LogP contribution >= 0.6 is 27.3 Å². The minimum atomic E-state index is 0.1000. The van der Waals surface area contributed by atoms with Crippen LogP contribution in [0, 0.1) is 6.92 Å². The highest BCUT2D eigenvalue weighted by molar-refractivity contribution is 9.09. The Morgan fingerprint density at radius 2 is 2.41 bits per heavy atom. The Morgan fingerprint density at radius 1 is 1.65 bits per heavy atom. The number of halogens is 1. The summed E-state index contributed by atoms with van der Waals surface area (Å²) in [5.41, 5.74) is 1.06. The number of rotatable bonds is 2. The van der Waals surface area contributed by atoms with Gasteiger partial charge in [-0.2, -0.15) is 0 Å². The molecular formula is C12H16BrNO2S. The Bertz CT molecular complexity index is 407. The van der Waals surface area contributed by atoms with Crippen molar-refractivity contribution in [3.8, 4) is 0 Å². The first kappa shape index (κ1) is 13.1. The zero-order valence-corrected chi connectivity index (χ0v) is 12.4. The number of morpholine rings is 1. The monoisotopic (exact) mass is 317 g/mol. The second-order valence-electron chi connectivity index (χ2n) is 4.37. The van der Waals surface area contributed by atoms with Gasteiger partial charge in [-0.1, -0.05) is 15.9 Å². The van der Waals surface area contributed by atoms with E-state index in [4.69, 9.17) is 4.74 Å². The molecular weight excluding hydrogens is 302 g/mol. The summed E-state index contributed by atoms with van der Waals surface area (Å²) in [6, 6.07) is 1.99. The smallest absolute Gasteiger partial charge is 0.264 e. The highest BCUT2D eigenvalue weighted by Crippen LogP contribution is 2.21. The number of thiophene rings is 1. The number of hydrogen-bond acceptors (Lipinski definition) is 3. The van der Waals surface area contributed by atoms with Crippen molar-refractivity contribution in [2.24, 2.45) is 0 Å². The molecule has 94 valence electrons. The first-order valence-corrected chi connectivity index (χ1v) is 7.66. The SMILES string of the molecule is Cc1ccsc1C(=O)N1CC(C)OC(CBr)C1. The summed E-state index contributed by atoms with van der Waals surface area (Å²) >= 11 is 4.94. The van der Waals surface area contributed by atoms with E-state index in [1.807, 2.05) is 30.2 Å². The van der Waals surface area contributed by atoms with Crippen molar-refractivity contribution in [3.63, 3.8) is 0 Å². The van der Waals surface area contributed by atoms with E-state index in [2.05, 4.69) is 15.9 Å². The van der Waals surface area contributed by atoms with Crippen molar-refractivity contribution in [2.45, 2.75) is 26.1 Å². The predicted octanol–water partition coefficient (Wildman–Crippen LogP) is 2.68. The van der Waals surface area contributed by atoms with E-state index < -0.39 is 0 Å². The van der Waals surface area contributed by atoms with Crippen molar-refractivity contribution >= 4 is 33.2 Å². The van der Waals surface area contributed by atoms with Gasteiger partial charge in [0.15, 0.2) is 0 Å². The molecule has 0 bridgehead atoms. The first-order chi connectivity index (χ1) is 8.11. The zero-order chi connectivity index (χ0) is 12.4. The summed E-state index contributed by atoms with van der Waals surface area (Å²) in [5, 5.41) is 2.74. The summed E-state index contributed by atoms with van der Waals surface area (Å²) in [7, 11) is 0. The average molecular weight is 318 g/mol. The van der Waals surface area contributed by atoms with E-state index >= 15 is 0 Å². The number of carbonyl (C=O) groups is 1. The Kier molecular flexibility index (Phi) is 4.22. The molecule has 0 aliphatic carbocycles. The lowest BCUT2D eigenvalue weighted by atomic mass is 10.2. The maximum atomic E-state index is 12.4. The number of amides is 1. The lowest BCUT2D eigenvalue weighted by molar-refractivity contribution is -0.0558. The van der Waals surface area contributed by atoms with Crippen LogP contribution in [0.3, 0.4) is 0 Å². The molecule has 1 aliphatic rings. The van der Waals surface area contributed by atoms with Gasteiger partial charge in [0.05, 0.1) is 17.1 Å². The fourth-order valence-electron chi connectivity index (χ4n) is 2.03. The Hall–Kier alpha value is -0.390. The summed E-state index contributed by atoms with van der Waals surface area (Å²) in [6.45, 7) is 5.34. The minimum absolute atomic E-state index is 0.1000. The fourth-order valence-corrected chi connectivity index (χ4v) is 3.28. The highest BCUT2D eigenvalue weighted by Gasteiger charge is 2.29. The average Bonchev–Trinajstić information content (AvgIpc) is 2.73. The van der Waals surface area contributed by atoms with E-state index in [-0.39, 0.29) is 18.1 Å². The molecule has 2 unspecified atom stereocenters. The molecule has 3 nitrogen and oxygen atoms in total. The van der Waals surface area contributed by atoms with Gasteiger partial charge >= 0.3 is 0 Å². The van der Waals surface area contributed by atoms with Crippen LogP contribution in [0.5, 0.6) is 0 Å². The maximum Gasteiger partial charge on any atom is 0.264 e.